The lowest BCUT2D eigenvalue weighted by molar-refractivity contribution is -0.256. The van der Waals surface area contributed by atoms with E-state index in [1.165, 1.54) is 0 Å². The van der Waals surface area contributed by atoms with Crippen LogP contribution in [0.25, 0.3) is 10.9 Å². The Morgan fingerprint density at radius 3 is 2.61 bits per heavy atom. The van der Waals surface area contributed by atoms with Crippen LogP contribution in [0.4, 0.5) is 0 Å². The highest BCUT2D eigenvalue weighted by Crippen LogP contribution is 2.75. The maximum Gasteiger partial charge on any atom is 0.108 e. The molecule has 2 aliphatic heterocycles. The molecule has 0 amide bonds. The third kappa shape index (κ3) is 2.83. The second-order valence-electron chi connectivity index (χ2n) is 16.3. The van der Waals surface area contributed by atoms with Crippen LogP contribution in [-0.4, -0.2) is 49.8 Å². The first-order valence-corrected chi connectivity index (χ1v) is 16.9. The van der Waals surface area contributed by atoms with Crippen LogP contribution < -0.4 is 0 Å². The predicted molar refractivity (Wildman–Crippen MR) is 169 cm³/mol. The summed E-state index contributed by atoms with van der Waals surface area (Å²) in [6.45, 7) is 19.2. The summed E-state index contributed by atoms with van der Waals surface area (Å²) in [4.78, 5) is 3.86. The summed E-state index contributed by atoms with van der Waals surface area (Å²) in [7, 11) is 0. The molecule has 4 N–H and O–H groups in total. The molecule has 6 nitrogen and oxygen atoms in total. The van der Waals surface area contributed by atoms with Gasteiger partial charge >= 0.3 is 0 Å². The van der Waals surface area contributed by atoms with E-state index in [1.807, 2.05) is 19.1 Å². The molecule has 7 heteroatoms. The minimum absolute atomic E-state index is 0.0171. The number of hydrogen-bond acceptors (Lipinski definition) is 5. The number of aliphatic hydroxyl groups is 3. The Kier molecular flexibility index (Phi) is 5.23. The molecule has 0 bridgehead atoms. The van der Waals surface area contributed by atoms with Gasteiger partial charge in [0.1, 0.15) is 17.8 Å². The maximum atomic E-state index is 13.0. The zero-order valence-corrected chi connectivity index (χ0v) is 27.1. The molecule has 3 fully saturated rings. The number of aromatic amines is 1. The van der Waals surface area contributed by atoms with Crippen LogP contribution >= 0.6 is 11.6 Å². The minimum atomic E-state index is -1.17. The molecule has 1 aromatic carbocycles. The SMILES string of the molecule is C=C(C)[C@H]1O[C@H]2CC[C@@]3(C)[C@@](O)(CC[C@H]4[C@@H]5OC(C)(C)[C@H]6C[C@@H]7C(=C)Cc8c(Cl)cc9[nH]c(c5c9c8[C@@]76O)[C@@]43C)C2=C[C@H]1O. The van der Waals surface area contributed by atoms with Gasteiger partial charge in [0.05, 0.1) is 23.4 Å². The van der Waals surface area contributed by atoms with Gasteiger partial charge < -0.3 is 29.8 Å². The van der Waals surface area contributed by atoms with Crippen molar-refractivity contribution in [3.8, 4) is 0 Å². The van der Waals surface area contributed by atoms with E-state index >= 15 is 0 Å². The Hall–Kier alpha value is -1.93. The van der Waals surface area contributed by atoms with Gasteiger partial charge in [0.15, 0.2) is 0 Å². The molecule has 3 saturated carbocycles. The fourth-order valence-corrected chi connectivity index (χ4v) is 12.2. The smallest absolute Gasteiger partial charge is 0.108 e. The number of hydrogen-bond donors (Lipinski definition) is 4. The fraction of sp³-hybridized carbons (Fsp3) is 0.622. The van der Waals surface area contributed by atoms with E-state index in [9.17, 15) is 15.3 Å². The zero-order chi connectivity index (χ0) is 31.1. The van der Waals surface area contributed by atoms with Crippen LogP contribution in [0.5, 0.6) is 0 Å². The number of H-pyrrole nitrogens is 1. The van der Waals surface area contributed by atoms with E-state index in [0.29, 0.717) is 17.9 Å². The first-order valence-electron chi connectivity index (χ1n) is 16.5. The summed E-state index contributed by atoms with van der Waals surface area (Å²) in [6, 6.07) is 2.03. The van der Waals surface area contributed by atoms with E-state index < -0.39 is 39.8 Å². The number of fused-ring (bicyclic) bond motifs is 7. The molecule has 234 valence electrons. The van der Waals surface area contributed by atoms with Crippen molar-refractivity contribution in [2.75, 3.05) is 0 Å². The quantitative estimate of drug-likeness (QED) is 0.276. The molecule has 5 aliphatic carbocycles. The first kappa shape index (κ1) is 28.3. The summed E-state index contributed by atoms with van der Waals surface area (Å²) < 4.78 is 13.7. The van der Waals surface area contributed by atoms with Crippen molar-refractivity contribution >= 4 is 22.5 Å². The number of nitrogens with one attached hydrogen (secondary N) is 1. The second-order valence-corrected chi connectivity index (χ2v) is 16.7. The molecular formula is C37H44ClNO5. The second kappa shape index (κ2) is 8.13. The van der Waals surface area contributed by atoms with Crippen molar-refractivity contribution in [2.45, 2.75) is 120 Å². The highest BCUT2D eigenvalue weighted by atomic mass is 35.5. The van der Waals surface area contributed by atoms with Gasteiger partial charge in [0, 0.05) is 55.8 Å². The van der Waals surface area contributed by atoms with Crippen LogP contribution in [0, 0.1) is 23.2 Å². The van der Waals surface area contributed by atoms with Crippen LogP contribution in [0.15, 0.2) is 42.0 Å². The Morgan fingerprint density at radius 1 is 1.14 bits per heavy atom. The Morgan fingerprint density at radius 2 is 1.89 bits per heavy atom. The molecule has 0 spiro atoms. The Bertz CT molecular complexity index is 1760. The molecule has 11 atom stereocenters. The molecule has 7 aliphatic rings. The Balaban J connectivity index is 1.30. The molecule has 1 aromatic heterocycles. The van der Waals surface area contributed by atoms with Gasteiger partial charge in [-0.3, -0.25) is 0 Å². The van der Waals surface area contributed by atoms with Crippen LogP contribution in [0.2, 0.25) is 5.02 Å². The molecule has 0 unspecified atom stereocenters. The van der Waals surface area contributed by atoms with Gasteiger partial charge in [0.2, 0.25) is 0 Å². The summed E-state index contributed by atoms with van der Waals surface area (Å²) >= 11 is 7.04. The number of aliphatic hydroxyl groups excluding tert-OH is 1. The molecule has 0 radical (unpaired) electrons. The number of rotatable bonds is 1. The van der Waals surface area contributed by atoms with Crippen LogP contribution in [-0.2, 0) is 26.9 Å². The first-order chi connectivity index (χ1) is 20.6. The third-order valence-electron chi connectivity index (χ3n) is 14.3. The molecule has 3 heterocycles. The Labute approximate surface area is 264 Å². The monoisotopic (exact) mass is 617 g/mol. The van der Waals surface area contributed by atoms with Crippen molar-refractivity contribution in [3.63, 3.8) is 0 Å². The molecular weight excluding hydrogens is 574 g/mol. The van der Waals surface area contributed by atoms with E-state index in [-0.39, 0.29) is 30.0 Å². The zero-order valence-electron chi connectivity index (χ0n) is 26.4. The summed E-state index contributed by atoms with van der Waals surface area (Å²) in [5.74, 6) is 0.0190. The lowest BCUT2D eigenvalue weighted by Gasteiger charge is -2.65. The standard InChI is InChI=1S/C37H44ClNO5/c1-16(2)30-24(40)13-21-25(43-30)9-10-34(6)35(7)19(8-11-36(21,34)41)31-28-27-23(39-32(28)35)15-22(38)18-12-17(3)20-14-26(33(4,5)44-31)37(20,42)29(18)27/h13,15,19-20,24-26,30-31,39-42H,1,3,8-12,14H2,2,4-7H3/t19-,20+,24+,25-,26+,30+,31-,34+,35+,36+,37+/m0/s1. The van der Waals surface area contributed by atoms with Crippen molar-refractivity contribution in [1.29, 1.82) is 0 Å². The van der Waals surface area contributed by atoms with Crippen molar-refractivity contribution in [3.05, 3.63) is 69.4 Å². The molecule has 0 saturated heterocycles. The van der Waals surface area contributed by atoms with Gasteiger partial charge in [-0.05, 0) is 93.7 Å². The normalized spacial score (nSPS) is 47.5. The lowest BCUT2D eigenvalue weighted by Crippen LogP contribution is -2.68. The number of benzene rings is 1. The average molecular weight is 618 g/mol. The molecule has 44 heavy (non-hydrogen) atoms. The largest absolute Gasteiger partial charge is 0.386 e. The molecule has 9 rings (SSSR count). The van der Waals surface area contributed by atoms with Crippen molar-refractivity contribution in [2.24, 2.45) is 23.2 Å². The van der Waals surface area contributed by atoms with Gasteiger partial charge in [-0.25, -0.2) is 0 Å². The minimum Gasteiger partial charge on any atom is -0.386 e. The highest BCUT2D eigenvalue weighted by Gasteiger charge is 2.74. The third-order valence-corrected chi connectivity index (χ3v) is 14.6. The lowest BCUT2D eigenvalue weighted by atomic mass is 9.42. The average Bonchev–Trinajstić information content (AvgIpc) is 3.40. The number of aromatic nitrogens is 1. The van der Waals surface area contributed by atoms with Crippen molar-refractivity contribution in [1.82, 2.24) is 4.98 Å². The van der Waals surface area contributed by atoms with Crippen LogP contribution in [0.1, 0.15) is 95.2 Å². The van der Waals surface area contributed by atoms with Gasteiger partial charge in [-0.1, -0.05) is 44.2 Å². The van der Waals surface area contributed by atoms with Crippen molar-refractivity contribution < 1.29 is 24.8 Å². The number of ether oxygens (including phenoxy) is 2. The fourth-order valence-electron chi connectivity index (χ4n) is 11.9. The summed E-state index contributed by atoms with van der Waals surface area (Å²) in [6.07, 6.45) is 4.49. The maximum absolute atomic E-state index is 13.0. The van der Waals surface area contributed by atoms with Gasteiger partial charge in [-0.2, -0.15) is 0 Å². The topological polar surface area (TPSA) is 94.9 Å². The van der Waals surface area contributed by atoms with E-state index in [1.54, 1.807) is 0 Å². The van der Waals surface area contributed by atoms with Gasteiger partial charge in [-0.15, -0.1) is 0 Å². The predicted octanol–water partition coefficient (Wildman–Crippen LogP) is 6.45. The van der Waals surface area contributed by atoms with Gasteiger partial charge in [0.25, 0.3) is 0 Å². The van der Waals surface area contributed by atoms with E-state index in [0.717, 1.165) is 75.7 Å². The van der Waals surface area contributed by atoms with E-state index in [4.69, 9.17) is 21.1 Å². The van der Waals surface area contributed by atoms with Crippen LogP contribution in [0.3, 0.4) is 0 Å². The number of halogens is 1. The molecule has 2 aromatic rings. The highest BCUT2D eigenvalue weighted by molar-refractivity contribution is 6.32. The summed E-state index contributed by atoms with van der Waals surface area (Å²) in [5.41, 5.74) is 3.90. The van der Waals surface area contributed by atoms with E-state index in [2.05, 4.69) is 45.8 Å². The summed E-state index contributed by atoms with van der Waals surface area (Å²) in [5, 5.41) is 38.6.